The lowest BCUT2D eigenvalue weighted by atomic mass is 10.2. The van der Waals surface area contributed by atoms with Gasteiger partial charge in [0.1, 0.15) is 0 Å². The molecule has 2 unspecified atom stereocenters. The van der Waals surface area contributed by atoms with Gasteiger partial charge in [0.2, 0.25) is 0 Å². The minimum atomic E-state index is -0.257. The highest BCUT2D eigenvalue weighted by molar-refractivity contribution is 9.09. The third kappa shape index (κ3) is 2.94. The van der Waals surface area contributed by atoms with Crippen LogP contribution in [0.25, 0.3) is 0 Å². The minimum absolute atomic E-state index is 0.188. The molecule has 0 radical (unpaired) electrons. The van der Waals surface area contributed by atoms with Gasteiger partial charge in [0.25, 0.3) is 0 Å². The number of hydrogen-bond donors (Lipinski definition) is 0. The average Bonchev–Trinajstić information content (AvgIpc) is 2.67. The van der Waals surface area contributed by atoms with E-state index in [0.717, 1.165) is 17.3 Å². The van der Waals surface area contributed by atoms with Gasteiger partial charge in [-0.05, 0) is 18.6 Å². The van der Waals surface area contributed by atoms with Crippen molar-refractivity contribution in [2.75, 3.05) is 11.9 Å². The molecule has 4 heteroatoms. The zero-order valence-corrected chi connectivity index (χ0v) is 10.5. The Labute approximate surface area is 103 Å². The first kappa shape index (κ1) is 11.4. The van der Waals surface area contributed by atoms with Gasteiger partial charge in [-0.2, -0.15) is 0 Å². The van der Waals surface area contributed by atoms with Gasteiger partial charge in [-0.1, -0.05) is 39.7 Å². The fourth-order valence-electron chi connectivity index (χ4n) is 1.55. The molecule has 0 amide bonds. The molecule has 2 atom stereocenters. The molecule has 0 aliphatic carbocycles. The first-order valence-corrected chi connectivity index (χ1v) is 6.38. The second-order valence-corrected chi connectivity index (χ2v) is 4.69. The van der Waals surface area contributed by atoms with Gasteiger partial charge in [0.05, 0.1) is 12.7 Å². The molecule has 0 N–H and O–H groups in total. The van der Waals surface area contributed by atoms with E-state index in [4.69, 9.17) is 21.1 Å². The van der Waals surface area contributed by atoms with E-state index in [1.807, 2.05) is 24.3 Å². The van der Waals surface area contributed by atoms with Gasteiger partial charge in [0, 0.05) is 15.9 Å². The van der Waals surface area contributed by atoms with Gasteiger partial charge in [-0.15, -0.1) is 0 Å². The zero-order valence-electron chi connectivity index (χ0n) is 8.16. The summed E-state index contributed by atoms with van der Waals surface area (Å²) >= 11 is 9.29. The Morgan fingerprint density at radius 3 is 3.07 bits per heavy atom. The second-order valence-electron chi connectivity index (χ2n) is 3.46. The molecular formula is C11H12BrClO2. The van der Waals surface area contributed by atoms with E-state index in [1.54, 1.807) is 0 Å². The normalized spacial score (nSPS) is 25.7. The van der Waals surface area contributed by atoms with Gasteiger partial charge in [0.15, 0.2) is 6.29 Å². The molecule has 1 saturated heterocycles. The van der Waals surface area contributed by atoms with E-state index in [2.05, 4.69) is 15.9 Å². The molecular weight excluding hydrogens is 279 g/mol. The van der Waals surface area contributed by atoms with Crippen molar-refractivity contribution in [2.45, 2.75) is 18.8 Å². The molecule has 0 bridgehead atoms. The van der Waals surface area contributed by atoms with E-state index in [9.17, 15) is 0 Å². The quantitative estimate of drug-likeness (QED) is 0.793. The van der Waals surface area contributed by atoms with Crippen LogP contribution in [-0.2, 0) is 9.47 Å². The molecule has 1 aromatic carbocycles. The van der Waals surface area contributed by atoms with Crippen LogP contribution in [0.1, 0.15) is 18.3 Å². The van der Waals surface area contributed by atoms with E-state index in [0.29, 0.717) is 11.6 Å². The topological polar surface area (TPSA) is 18.5 Å². The smallest absolute Gasteiger partial charge is 0.184 e. The van der Waals surface area contributed by atoms with Gasteiger partial charge in [-0.25, -0.2) is 0 Å². The summed E-state index contributed by atoms with van der Waals surface area (Å²) in [4.78, 5) is 0. The number of hydrogen-bond acceptors (Lipinski definition) is 2. The van der Waals surface area contributed by atoms with Crippen molar-refractivity contribution in [3.05, 3.63) is 34.9 Å². The molecule has 1 aromatic rings. The Balaban J connectivity index is 2.01. The summed E-state index contributed by atoms with van der Waals surface area (Å²) in [5.74, 6) is 0. The van der Waals surface area contributed by atoms with Crippen LogP contribution >= 0.6 is 27.5 Å². The van der Waals surface area contributed by atoms with Crippen molar-refractivity contribution in [1.82, 2.24) is 0 Å². The van der Waals surface area contributed by atoms with Crippen molar-refractivity contribution in [3.8, 4) is 0 Å². The van der Waals surface area contributed by atoms with Crippen molar-refractivity contribution >= 4 is 27.5 Å². The molecule has 1 heterocycles. The summed E-state index contributed by atoms with van der Waals surface area (Å²) in [7, 11) is 0. The summed E-state index contributed by atoms with van der Waals surface area (Å²) in [6.07, 6.45) is 0.901. The highest BCUT2D eigenvalue weighted by atomic mass is 79.9. The Morgan fingerprint density at radius 2 is 2.33 bits per heavy atom. The fourth-order valence-corrected chi connectivity index (χ4v) is 2.26. The molecule has 0 saturated carbocycles. The maximum absolute atomic E-state index is 5.90. The standard InChI is InChI=1S/C11H12BrClO2/c12-5-4-10-7-14-11(15-10)8-2-1-3-9(13)6-8/h1-3,6,10-11H,4-5,7H2. The molecule has 2 nitrogen and oxygen atoms in total. The lowest BCUT2D eigenvalue weighted by molar-refractivity contribution is -0.0602. The Morgan fingerprint density at radius 1 is 1.47 bits per heavy atom. The number of alkyl halides is 1. The largest absolute Gasteiger partial charge is 0.346 e. The van der Waals surface area contributed by atoms with Gasteiger partial charge >= 0.3 is 0 Å². The Kier molecular flexibility index (Phi) is 4.03. The molecule has 82 valence electrons. The second kappa shape index (κ2) is 5.30. The van der Waals surface area contributed by atoms with Gasteiger partial charge < -0.3 is 9.47 Å². The third-order valence-corrected chi connectivity index (χ3v) is 2.99. The maximum Gasteiger partial charge on any atom is 0.184 e. The number of benzene rings is 1. The average molecular weight is 292 g/mol. The summed E-state index contributed by atoms with van der Waals surface area (Å²) in [5.41, 5.74) is 0.986. The van der Waals surface area contributed by atoms with Crippen LogP contribution in [0.15, 0.2) is 24.3 Å². The van der Waals surface area contributed by atoms with Crippen LogP contribution in [0, 0.1) is 0 Å². The summed E-state index contributed by atoms with van der Waals surface area (Å²) in [6, 6.07) is 7.59. The predicted molar refractivity (Wildman–Crippen MR) is 63.4 cm³/mol. The Hall–Kier alpha value is -0.0900. The van der Waals surface area contributed by atoms with Crippen LogP contribution in [0.4, 0.5) is 0 Å². The number of ether oxygens (including phenoxy) is 2. The number of halogens is 2. The van der Waals surface area contributed by atoms with Crippen LogP contribution < -0.4 is 0 Å². The first-order chi connectivity index (χ1) is 7.29. The highest BCUT2D eigenvalue weighted by Crippen LogP contribution is 2.29. The molecule has 1 aliphatic heterocycles. The van der Waals surface area contributed by atoms with Crippen molar-refractivity contribution in [1.29, 1.82) is 0 Å². The van der Waals surface area contributed by atoms with Crippen LogP contribution in [0.5, 0.6) is 0 Å². The minimum Gasteiger partial charge on any atom is -0.346 e. The first-order valence-electron chi connectivity index (χ1n) is 4.88. The Bertz CT molecular complexity index is 332. The van der Waals surface area contributed by atoms with Crippen molar-refractivity contribution in [3.63, 3.8) is 0 Å². The van der Waals surface area contributed by atoms with E-state index >= 15 is 0 Å². The van der Waals surface area contributed by atoms with E-state index in [1.165, 1.54) is 0 Å². The summed E-state index contributed by atoms with van der Waals surface area (Å²) in [6.45, 7) is 0.656. The maximum atomic E-state index is 5.90. The summed E-state index contributed by atoms with van der Waals surface area (Å²) in [5, 5.41) is 1.65. The fraction of sp³-hybridized carbons (Fsp3) is 0.455. The number of rotatable bonds is 3. The lowest BCUT2D eigenvalue weighted by Gasteiger charge is -2.11. The molecule has 2 rings (SSSR count). The van der Waals surface area contributed by atoms with Gasteiger partial charge in [-0.3, -0.25) is 0 Å². The molecule has 1 aliphatic rings. The lowest BCUT2D eigenvalue weighted by Crippen LogP contribution is -2.09. The van der Waals surface area contributed by atoms with Crippen molar-refractivity contribution in [2.24, 2.45) is 0 Å². The molecule has 0 aromatic heterocycles. The molecule has 1 fully saturated rings. The highest BCUT2D eigenvalue weighted by Gasteiger charge is 2.26. The summed E-state index contributed by atoms with van der Waals surface area (Å²) < 4.78 is 11.3. The van der Waals surface area contributed by atoms with Crippen molar-refractivity contribution < 1.29 is 9.47 Å². The SMILES string of the molecule is Clc1cccc(C2OCC(CCBr)O2)c1. The monoisotopic (exact) mass is 290 g/mol. The third-order valence-electron chi connectivity index (χ3n) is 2.30. The van der Waals surface area contributed by atoms with Crippen LogP contribution in [-0.4, -0.2) is 18.0 Å². The zero-order chi connectivity index (χ0) is 10.7. The predicted octanol–water partition coefficient (Wildman–Crippen LogP) is 3.54. The molecule has 15 heavy (non-hydrogen) atoms. The van der Waals surface area contributed by atoms with Crippen LogP contribution in [0.2, 0.25) is 5.02 Å². The van der Waals surface area contributed by atoms with E-state index in [-0.39, 0.29) is 12.4 Å². The van der Waals surface area contributed by atoms with Crippen LogP contribution in [0.3, 0.4) is 0 Å². The van der Waals surface area contributed by atoms with E-state index < -0.39 is 0 Å². The molecule has 0 spiro atoms.